The molecule has 5 atom stereocenters. The van der Waals surface area contributed by atoms with Crippen LogP contribution in [-0.2, 0) is 9.47 Å². The van der Waals surface area contributed by atoms with Crippen LogP contribution in [0.1, 0.15) is 35.6 Å². The van der Waals surface area contributed by atoms with Gasteiger partial charge in [-0.2, -0.15) is 0 Å². The second-order valence-corrected chi connectivity index (χ2v) is 7.56. The topological polar surface area (TPSA) is 58.9 Å². The van der Waals surface area contributed by atoms with E-state index in [1.54, 1.807) is 0 Å². The molecule has 2 aliphatic carbocycles. The second-order valence-electron chi connectivity index (χ2n) is 7.56. The van der Waals surface area contributed by atoms with E-state index in [9.17, 15) is 10.2 Å². The standard InChI is InChI=1S/C20H26O4/c1-12-3-5-15(13(2)9-12)18(21)6-4-14-10-17-16(19(14)22)11-20(17)23-7-8-24-20/h3-6,9,14,16-19,21-22H,7-8,10-11H2,1-2H3/t14?,16-,17+,18?,19?/m1/s1. The van der Waals surface area contributed by atoms with Crippen LogP contribution in [0.25, 0.3) is 0 Å². The Labute approximate surface area is 143 Å². The molecule has 1 heterocycles. The van der Waals surface area contributed by atoms with Gasteiger partial charge in [0.25, 0.3) is 0 Å². The molecule has 3 fully saturated rings. The Kier molecular flexibility index (Phi) is 4.04. The molecule has 4 heteroatoms. The van der Waals surface area contributed by atoms with Crippen LogP contribution in [0.4, 0.5) is 0 Å². The number of ether oxygens (including phenoxy) is 2. The van der Waals surface area contributed by atoms with E-state index in [4.69, 9.17) is 9.47 Å². The third-order valence-electron chi connectivity index (χ3n) is 6.07. The highest BCUT2D eigenvalue weighted by molar-refractivity contribution is 5.34. The number of rotatable bonds is 3. The van der Waals surface area contributed by atoms with Crippen molar-refractivity contribution in [3.8, 4) is 0 Å². The van der Waals surface area contributed by atoms with Gasteiger partial charge >= 0.3 is 0 Å². The van der Waals surface area contributed by atoms with Gasteiger partial charge in [-0.05, 0) is 37.3 Å². The van der Waals surface area contributed by atoms with Crippen molar-refractivity contribution >= 4 is 0 Å². The summed E-state index contributed by atoms with van der Waals surface area (Å²) in [6, 6.07) is 6.07. The Morgan fingerprint density at radius 2 is 2.00 bits per heavy atom. The smallest absolute Gasteiger partial charge is 0.172 e. The monoisotopic (exact) mass is 330 g/mol. The minimum Gasteiger partial charge on any atom is -0.392 e. The van der Waals surface area contributed by atoms with E-state index >= 15 is 0 Å². The molecule has 2 N–H and O–H groups in total. The number of fused-ring (bicyclic) bond motifs is 2. The second kappa shape index (κ2) is 5.95. The lowest BCUT2D eigenvalue weighted by Gasteiger charge is -2.48. The van der Waals surface area contributed by atoms with Crippen molar-refractivity contribution < 1.29 is 19.7 Å². The van der Waals surface area contributed by atoms with E-state index in [2.05, 4.69) is 6.07 Å². The summed E-state index contributed by atoms with van der Waals surface area (Å²) in [7, 11) is 0. The van der Waals surface area contributed by atoms with Crippen LogP contribution in [0.5, 0.6) is 0 Å². The van der Waals surface area contributed by atoms with Gasteiger partial charge in [0.05, 0.1) is 25.4 Å². The van der Waals surface area contributed by atoms with Gasteiger partial charge in [0.1, 0.15) is 0 Å². The summed E-state index contributed by atoms with van der Waals surface area (Å²) in [5.41, 5.74) is 3.20. The largest absolute Gasteiger partial charge is 0.392 e. The molecule has 4 nitrogen and oxygen atoms in total. The van der Waals surface area contributed by atoms with Gasteiger partial charge in [-0.3, -0.25) is 0 Å². The molecule has 130 valence electrons. The summed E-state index contributed by atoms with van der Waals surface area (Å²) in [6.45, 7) is 5.38. The van der Waals surface area contributed by atoms with Gasteiger partial charge in [0.15, 0.2) is 5.79 Å². The van der Waals surface area contributed by atoms with Gasteiger partial charge in [-0.1, -0.05) is 35.9 Å². The molecule has 0 aromatic heterocycles. The highest BCUT2D eigenvalue weighted by atomic mass is 16.7. The Morgan fingerprint density at radius 1 is 1.25 bits per heavy atom. The van der Waals surface area contributed by atoms with Gasteiger partial charge in [0.2, 0.25) is 0 Å². The zero-order valence-corrected chi connectivity index (χ0v) is 14.3. The first-order valence-electron chi connectivity index (χ1n) is 8.90. The van der Waals surface area contributed by atoms with E-state index in [1.165, 1.54) is 5.56 Å². The quantitative estimate of drug-likeness (QED) is 0.837. The summed E-state index contributed by atoms with van der Waals surface area (Å²) in [4.78, 5) is 0. The fourth-order valence-corrected chi connectivity index (χ4v) is 4.76. The zero-order chi connectivity index (χ0) is 16.9. The molecule has 1 saturated heterocycles. The molecule has 0 amide bonds. The molecule has 1 aromatic carbocycles. The molecule has 4 rings (SSSR count). The van der Waals surface area contributed by atoms with Crippen LogP contribution in [0, 0.1) is 31.6 Å². The summed E-state index contributed by atoms with van der Waals surface area (Å²) in [6.07, 6.45) is 4.46. The lowest BCUT2D eigenvalue weighted by atomic mass is 9.69. The van der Waals surface area contributed by atoms with Gasteiger partial charge in [0, 0.05) is 18.3 Å². The van der Waals surface area contributed by atoms with Crippen LogP contribution < -0.4 is 0 Å². The summed E-state index contributed by atoms with van der Waals surface area (Å²) in [5, 5.41) is 21.0. The minimum absolute atomic E-state index is 0.0626. The Bertz CT molecular complexity index is 647. The van der Waals surface area contributed by atoms with E-state index in [0.29, 0.717) is 13.2 Å². The lowest BCUT2D eigenvalue weighted by molar-refractivity contribution is -0.275. The summed E-state index contributed by atoms with van der Waals surface area (Å²) in [5.74, 6) is 0.173. The fraction of sp³-hybridized carbons (Fsp3) is 0.600. The molecule has 1 aromatic rings. The maximum absolute atomic E-state index is 10.6. The van der Waals surface area contributed by atoms with E-state index in [0.717, 1.165) is 24.0 Å². The molecule has 2 saturated carbocycles. The SMILES string of the molecule is Cc1ccc(C(O)C=CC2C[C@H]3[C@@H](CC34OCCO4)C2O)c(C)c1. The maximum atomic E-state index is 10.6. The molecule has 0 bridgehead atoms. The number of aryl methyl sites for hydroxylation is 2. The number of hydrogen-bond acceptors (Lipinski definition) is 4. The maximum Gasteiger partial charge on any atom is 0.172 e. The third-order valence-corrected chi connectivity index (χ3v) is 6.07. The van der Waals surface area contributed by atoms with Crippen LogP contribution >= 0.6 is 0 Å². The molecule has 1 spiro atoms. The predicted molar refractivity (Wildman–Crippen MR) is 90.4 cm³/mol. The fourth-order valence-electron chi connectivity index (χ4n) is 4.76. The van der Waals surface area contributed by atoms with Crippen LogP contribution in [0.15, 0.2) is 30.4 Å². The molecule has 1 aliphatic heterocycles. The van der Waals surface area contributed by atoms with Crippen molar-refractivity contribution in [3.05, 3.63) is 47.0 Å². The number of aliphatic hydroxyl groups is 2. The first-order valence-corrected chi connectivity index (χ1v) is 8.90. The minimum atomic E-state index is -0.635. The Balaban J connectivity index is 1.44. The normalized spacial score (nSPS) is 35.3. The van der Waals surface area contributed by atoms with E-state index < -0.39 is 11.9 Å². The van der Waals surface area contributed by atoms with Crippen LogP contribution in [0.2, 0.25) is 0 Å². The zero-order valence-electron chi connectivity index (χ0n) is 14.3. The first-order chi connectivity index (χ1) is 11.5. The lowest BCUT2D eigenvalue weighted by Crippen LogP contribution is -2.54. The molecule has 3 unspecified atom stereocenters. The average Bonchev–Trinajstić information content (AvgIpc) is 3.11. The van der Waals surface area contributed by atoms with Crippen molar-refractivity contribution in [1.29, 1.82) is 0 Å². The van der Waals surface area contributed by atoms with Crippen molar-refractivity contribution in [1.82, 2.24) is 0 Å². The first kappa shape index (κ1) is 16.3. The Hall–Kier alpha value is -1.20. The van der Waals surface area contributed by atoms with E-state index in [1.807, 2.05) is 38.1 Å². The highest BCUT2D eigenvalue weighted by Crippen LogP contribution is 2.59. The van der Waals surface area contributed by atoms with Crippen LogP contribution in [0.3, 0.4) is 0 Å². The van der Waals surface area contributed by atoms with Crippen LogP contribution in [-0.4, -0.2) is 35.3 Å². The Morgan fingerprint density at radius 3 is 2.71 bits per heavy atom. The average molecular weight is 330 g/mol. The van der Waals surface area contributed by atoms with Crippen molar-refractivity contribution in [2.45, 2.75) is 44.7 Å². The molecular weight excluding hydrogens is 304 g/mol. The van der Waals surface area contributed by atoms with Gasteiger partial charge in [-0.15, -0.1) is 0 Å². The van der Waals surface area contributed by atoms with Crippen molar-refractivity contribution in [3.63, 3.8) is 0 Å². The number of benzene rings is 1. The van der Waals surface area contributed by atoms with Crippen molar-refractivity contribution in [2.75, 3.05) is 13.2 Å². The highest BCUT2D eigenvalue weighted by Gasteiger charge is 2.64. The summed E-state index contributed by atoms with van der Waals surface area (Å²) >= 11 is 0. The molecule has 0 radical (unpaired) electrons. The van der Waals surface area contributed by atoms with E-state index in [-0.39, 0.29) is 23.9 Å². The number of aliphatic hydroxyl groups excluding tert-OH is 2. The predicted octanol–water partition coefficient (Wildman–Crippen LogP) is 2.65. The van der Waals surface area contributed by atoms with Gasteiger partial charge in [-0.25, -0.2) is 0 Å². The van der Waals surface area contributed by atoms with Gasteiger partial charge < -0.3 is 19.7 Å². The number of hydrogen-bond donors (Lipinski definition) is 2. The molecule has 24 heavy (non-hydrogen) atoms. The third kappa shape index (κ3) is 2.53. The molecular formula is C20H26O4. The molecule has 3 aliphatic rings. The van der Waals surface area contributed by atoms with Crippen molar-refractivity contribution in [2.24, 2.45) is 17.8 Å². The summed E-state index contributed by atoms with van der Waals surface area (Å²) < 4.78 is 11.6.